The first kappa shape index (κ1) is 11.6. The molecule has 1 aromatic carbocycles. The van der Waals surface area contributed by atoms with Gasteiger partial charge in [0.25, 0.3) is 0 Å². The summed E-state index contributed by atoms with van der Waals surface area (Å²) in [5, 5.41) is 9.02. The fourth-order valence-corrected chi connectivity index (χ4v) is 3.09. The molecule has 0 radical (unpaired) electrons. The number of hydrogen-bond donors (Lipinski definition) is 3. The second kappa shape index (κ2) is 3.75. The molecule has 2 heterocycles. The van der Waals surface area contributed by atoms with Gasteiger partial charge in [0.2, 0.25) is 0 Å². The largest absolute Gasteiger partial charge is 0.331 e. The van der Waals surface area contributed by atoms with Crippen LogP contribution in [0.15, 0.2) is 28.2 Å². The van der Waals surface area contributed by atoms with Crippen LogP contribution < -0.4 is 9.78 Å². The normalized spacial score (nSPS) is 12.1. The Kier molecular flexibility index (Phi) is 2.29. The Bertz CT molecular complexity index is 905. The van der Waals surface area contributed by atoms with E-state index in [0.717, 1.165) is 10.4 Å². The predicted octanol–water partition coefficient (Wildman–Crippen LogP) is -1.19. The topological polar surface area (TPSA) is 128 Å². The van der Waals surface area contributed by atoms with Crippen molar-refractivity contribution in [3.63, 3.8) is 0 Å². The van der Waals surface area contributed by atoms with E-state index in [2.05, 4.69) is 25.5 Å². The summed E-state index contributed by atoms with van der Waals surface area (Å²) < 4.78 is 25.4. The Hall–Kier alpha value is -2.49. The van der Waals surface area contributed by atoms with Crippen molar-refractivity contribution >= 4 is 21.1 Å². The maximum atomic E-state index is 12.3. The number of aromatic nitrogens is 6. The second-order valence-electron chi connectivity index (χ2n) is 3.97. The number of benzene rings is 1. The molecule has 0 aliphatic rings. The molecule has 9 nitrogen and oxygen atoms in total. The number of imidazole rings is 1. The minimum Gasteiger partial charge on any atom is -0.306 e. The molecule has 2 aromatic heterocycles. The molecule has 0 amide bonds. The van der Waals surface area contributed by atoms with E-state index in [4.69, 9.17) is 0 Å². The molecule has 10 heteroatoms. The van der Waals surface area contributed by atoms with Gasteiger partial charge in [0.05, 0.1) is 11.0 Å². The first-order valence-corrected chi connectivity index (χ1v) is 6.68. The van der Waals surface area contributed by atoms with Gasteiger partial charge in [0.15, 0.2) is 5.21 Å². The van der Waals surface area contributed by atoms with Gasteiger partial charge in [-0.2, -0.15) is 8.42 Å². The molecule has 0 spiro atoms. The third-order valence-corrected chi connectivity index (χ3v) is 4.40. The van der Waals surface area contributed by atoms with Gasteiger partial charge >= 0.3 is 22.0 Å². The molecular formula is C9H9N6O3S+. The third kappa shape index (κ3) is 1.73. The Morgan fingerprint density at radius 2 is 1.89 bits per heavy atom. The fourth-order valence-electron chi connectivity index (χ4n) is 1.84. The van der Waals surface area contributed by atoms with E-state index >= 15 is 0 Å². The Balaban J connectivity index is 2.31. The van der Waals surface area contributed by atoms with Crippen LogP contribution in [-0.2, 0) is 10.0 Å². The molecule has 19 heavy (non-hydrogen) atoms. The molecule has 3 rings (SSSR count). The van der Waals surface area contributed by atoms with Gasteiger partial charge in [0.1, 0.15) is 9.99 Å². The average molecular weight is 281 g/mol. The van der Waals surface area contributed by atoms with Crippen molar-refractivity contribution < 1.29 is 12.5 Å². The summed E-state index contributed by atoms with van der Waals surface area (Å²) in [6, 6.07) is 2.98. The molecule has 0 saturated carbocycles. The lowest BCUT2D eigenvalue weighted by molar-refractivity contribution is -0.580. The zero-order valence-corrected chi connectivity index (χ0v) is 10.5. The maximum absolute atomic E-state index is 12.3. The van der Waals surface area contributed by atoms with E-state index in [1.54, 1.807) is 13.0 Å². The van der Waals surface area contributed by atoms with Gasteiger partial charge in [-0.25, -0.2) is 4.79 Å². The first-order valence-electron chi connectivity index (χ1n) is 5.24. The number of nitrogens with one attached hydrogen (secondary N) is 3. The van der Waals surface area contributed by atoms with Crippen LogP contribution in [0.3, 0.4) is 0 Å². The minimum atomic E-state index is -3.81. The highest BCUT2D eigenvalue weighted by molar-refractivity contribution is 7.85. The Morgan fingerprint density at radius 3 is 2.53 bits per heavy atom. The van der Waals surface area contributed by atoms with Crippen LogP contribution in [0.25, 0.3) is 11.0 Å². The zero-order valence-electron chi connectivity index (χ0n) is 9.71. The van der Waals surface area contributed by atoms with Crippen molar-refractivity contribution in [1.82, 2.24) is 25.5 Å². The number of rotatable bonds is 2. The Labute approximate surface area is 106 Å². The molecule has 0 saturated heterocycles. The second-order valence-corrected chi connectivity index (χ2v) is 5.76. The lowest BCUT2D eigenvalue weighted by atomic mass is 10.2. The van der Waals surface area contributed by atoms with Crippen LogP contribution in [0.5, 0.6) is 0 Å². The molecule has 0 unspecified atom stereocenters. The number of hydrogen-bond acceptors (Lipinski definition) is 5. The summed E-state index contributed by atoms with van der Waals surface area (Å²) in [6.45, 7) is 1.64. The molecule has 98 valence electrons. The lowest BCUT2D eigenvalue weighted by Crippen LogP contribution is -2.44. The standard InChI is InChI=1S/C9H8N6O3S/c1-5-2-6-7(12-9(16)11-6)3-8(5)19(17,18)15-4-10-13-14-15/h2-4H,1H3,(H2,11,12,13,14,16)/p+1. The van der Waals surface area contributed by atoms with E-state index < -0.39 is 10.0 Å². The number of tetrazole rings is 1. The summed E-state index contributed by atoms with van der Waals surface area (Å²) in [5.41, 5.74) is 1.08. The van der Waals surface area contributed by atoms with Crippen LogP contribution >= 0.6 is 0 Å². The summed E-state index contributed by atoms with van der Waals surface area (Å²) >= 11 is 0. The SMILES string of the molecule is Cc1cc2[nH]c(=O)[nH]c2cc1S(=O)(=O)[n+]1cnn[nH]1. The van der Waals surface area contributed by atoms with E-state index in [9.17, 15) is 13.2 Å². The van der Waals surface area contributed by atoms with Crippen molar-refractivity contribution in [1.29, 1.82) is 0 Å². The smallest absolute Gasteiger partial charge is 0.306 e. The first-order chi connectivity index (χ1) is 8.98. The Morgan fingerprint density at radius 1 is 1.21 bits per heavy atom. The van der Waals surface area contributed by atoms with Crippen molar-refractivity contribution in [3.05, 3.63) is 34.5 Å². The van der Waals surface area contributed by atoms with E-state index in [1.165, 1.54) is 6.07 Å². The van der Waals surface area contributed by atoms with Crippen LogP contribution in [0, 0.1) is 6.92 Å². The highest BCUT2D eigenvalue weighted by Gasteiger charge is 2.25. The zero-order chi connectivity index (χ0) is 13.6. The van der Waals surface area contributed by atoms with Gasteiger partial charge in [-0.1, -0.05) is 5.21 Å². The fraction of sp³-hybridized carbons (Fsp3) is 0.111. The lowest BCUT2D eigenvalue weighted by Gasteiger charge is -2.03. The van der Waals surface area contributed by atoms with Crippen molar-refractivity contribution in [2.24, 2.45) is 0 Å². The third-order valence-electron chi connectivity index (χ3n) is 2.71. The van der Waals surface area contributed by atoms with E-state index in [0.29, 0.717) is 16.6 Å². The number of aromatic amines is 3. The van der Waals surface area contributed by atoms with Crippen LogP contribution in [0.1, 0.15) is 5.56 Å². The summed E-state index contributed by atoms with van der Waals surface area (Å²) in [6.07, 6.45) is 1.05. The van der Waals surface area contributed by atoms with Crippen molar-refractivity contribution in [2.75, 3.05) is 0 Å². The molecule has 0 bridgehead atoms. The molecule has 0 aliphatic carbocycles. The van der Waals surface area contributed by atoms with Crippen LogP contribution in [0.4, 0.5) is 0 Å². The van der Waals surface area contributed by atoms with Gasteiger partial charge in [-0.05, 0) is 28.7 Å². The van der Waals surface area contributed by atoms with Crippen LogP contribution in [-0.4, -0.2) is 33.9 Å². The highest BCUT2D eigenvalue weighted by atomic mass is 32.2. The number of nitrogens with zero attached hydrogens (tertiary/aromatic N) is 3. The summed E-state index contributed by atoms with van der Waals surface area (Å²) in [5.74, 6) is 0. The molecule has 0 atom stereocenters. The minimum absolute atomic E-state index is 0.0614. The number of H-pyrrole nitrogens is 3. The molecule has 3 N–H and O–H groups in total. The van der Waals surface area contributed by atoms with Gasteiger partial charge in [-0.15, -0.1) is 0 Å². The molecule has 3 aromatic rings. The average Bonchev–Trinajstić information content (AvgIpc) is 2.95. The van der Waals surface area contributed by atoms with Crippen molar-refractivity contribution in [2.45, 2.75) is 11.8 Å². The molecule has 0 aliphatic heterocycles. The summed E-state index contributed by atoms with van der Waals surface area (Å²) in [4.78, 5) is 16.3. The highest BCUT2D eigenvalue weighted by Crippen LogP contribution is 2.19. The predicted molar refractivity (Wildman–Crippen MR) is 62.8 cm³/mol. The number of fused-ring (bicyclic) bond motifs is 1. The summed E-state index contributed by atoms with van der Waals surface area (Å²) in [7, 11) is -3.81. The monoisotopic (exact) mass is 281 g/mol. The van der Waals surface area contributed by atoms with Gasteiger partial charge in [-0.3, -0.25) is 0 Å². The van der Waals surface area contributed by atoms with Gasteiger partial charge < -0.3 is 9.97 Å². The number of aryl methyl sites for hydroxylation is 1. The molecular weight excluding hydrogens is 272 g/mol. The van der Waals surface area contributed by atoms with E-state index in [-0.39, 0.29) is 10.6 Å². The molecule has 0 fully saturated rings. The van der Waals surface area contributed by atoms with Crippen LogP contribution in [0.2, 0.25) is 0 Å². The van der Waals surface area contributed by atoms with E-state index in [1.807, 2.05) is 0 Å². The maximum Gasteiger partial charge on any atom is 0.331 e. The van der Waals surface area contributed by atoms with Crippen molar-refractivity contribution in [3.8, 4) is 0 Å². The van der Waals surface area contributed by atoms with Gasteiger partial charge in [0, 0.05) is 0 Å². The quantitative estimate of drug-likeness (QED) is 0.509.